The minimum absolute atomic E-state index is 0.481. The van der Waals surface area contributed by atoms with Crippen LogP contribution in [0.15, 0.2) is 48.5 Å². The van der Waals surface area contributed by atoms with E-state index in [9.17, 15) is 0 Å². The fourth-order valence-electron chi connectivity index (χ4n) is 2.32. The van der Waals surface area contributed by atoms with E-state index in [0.29, 0.717) is 6.54 Å². The first-order valence-electron chi connectivity index (χ1n) is 7.02. The molecule has 3 heteroatoms. The molecule has 0 bridgehead atoms. The van der Waals surface area contributed by atoms with Gasteiger partial charge in [-0.3, -0.25) is 0 Å². The van der Waals surface area contributed by atoms with Crippen molar-refractivity contribution in [3.63, 3.8) is 0 Å². The maximum absolute atomic E-state index is 5.79. The summed E-state index contributed by atoms with van der Waals surface area (Å²) in [4.78, 5) is 5.93. The average Bonchev–Trinajstić information content (AvgIpc) is 2.95. The quantitative estimate of drug-likeness (QED) is 0.769. The Kier molecular flexibility index (Phi) is 3.86. The van der Waals surface area contributed by atoms with Crippen molar-refractivity contribution in [2.75, 3.05) is 0 Å². The summed E-state index contributed by atoms with van der Waals surface area (Å²) in [5.41, 5.74) is 11.8. The number of benzene rings is 2. The predicted octanol–water partition coefficient (Wildman–Crippen LogP) is 4.55. The highest BCUT2D eigenvalue weighted by molar-refractivity contribution is 7.15. The Hall–Kier alpha value is -1.97. The second-order valence-electron chi connectivity index (χ2n) is 5.15. The summed E-state index contributed by atoms with van der Waals surface area (Å²) < 4.78 is 0. The van der Waals surface area contributed by atoms with Crippen LogP contribution in [0.2, 0.25) is 0 Å². The molecule has 0 radical (unpaired) electrons. The van der Waals surface area contributed by atoms with Crippen LogP contribution in [-0.4, -0.2) is 4.98 Å². The summed E-state index contributed by atoms with van der Waals surface area (Å²) in [6, 6.07) is 16.9. The zero-order valence-electron chi connectivity index (χ0n) is 12.3. The molecule has 3 rings (SSSR count). The molecule has 0 aliphatic rings. The van der Waals surface area contributed by atoms with Gasteiger partial charge in [0.1, 0.15) is 5.01 Å². The first-order chi connectivity index (χ1) is 10.2. The Labute approximate surface area is 129 Å². The molecule has 0 fully saturated rings. The molecule has 2 N–H and O–H groups in total. The number of thiazole rings is 1. The molecule has 0 amide bonds. The Bertz CT molecular complexity index is 760. The molecular weight excluding hydrogens is 276 g/mol. The first-order valence-corrected chi connectivity index (χ1v) is 7.83. The predicted molar refractivity (Wildman–Crippen MR) is 90.4 cm³/mol. The normalized spacial score (nSPS) is 10.8. The standard InChI is InChI=1S/C18H18N2S/c1-12-8-9-15(10-13(12)2)17-18(21-16(11-19)20-17)14-6-4-3-5-7-14/h3-10H,11,19H2,1-2H3. The van der Waals surface area contributed by atoms with Gasteiger partial charge in [0.2, 0.25) is 0 Å². The maximum Gasteiger partial charge on any atom is 0.107 e. The van der Waals surface area contributed by atoms with Gasteiger partial charge in [-0.15, -0.1) is 11.3 Å². The van der Waals surface area contributed by atoms with Gasteiger partial charge in [-0.05, 0) is 36.6 Å². The van der Waals surface area contributed by atoms with E-state index in [1.165, 1.54) is 21.6 Å². The molecule has 21 heavy (non-hydrogen) atoms. The van der Waals surface area contributed by atoms with Gasteiger partial charge in [0.15, 0.2) is 0 Å². The molecule has 106 valence electrons. The van der Waals surface area contributed by atoms with Gasteiger partial charge in [0.25, 0.3) is 0 Å². The zero-order chi connectivity index (χ0) is 14.8. The van der Waals surface area contributed by atoms with E-state index in [2.05, 4.69) is 56.3 Å². The number of rotatable bonds is 3. The first kappa shape index (κ1) is 14.0. The maximum atomic E-state index is 5.79. The van der Waals surface area contributed by atoms with Crippen molar-refractivity contribution < 1.29 is 0 Å². The van der Waals surface area contributed by atoms with Gasteiger partial charge in [-0.2, -0.15) is 0 Å². The van der Waals surface area contributed by atoms with Crippen LogP contribution in [0.4, 0.5) is 0 Å². The van der Waals surface area contributed by atoms with Crippen LogP contribution >= 0.6 is 11.3 Å². The number of hydrogen-bond donors (Lipinski definition) is 1. The summed E-state index contributed by atoms with van der Waals surface area (Å²) in [7, 11) is 0. The Morgan fingerprint density at radius 2 is 1.71 bits per heavy atom. The van der Waals surface area contributed by atoms with Crippen molar-refractivity contribution in [2.24, 2.45) is 5.73 Å². The summed E-state index contributed by atoms with van der Waals surface area (Å²) in [6.07, 6.45) is 0. The highest BCUT2D eigenvalue weighted by atomic mass is 32.1. The van der Waals surface area contributed by atoms with Gasteiger partial charge >= 0.3 is 0 Å². The molecule has 0 aliphatic heterocycles. The zero-order valence-corrected chi connectivity index (χ0v) is 13.1. The Balaban J connectivity index is 2.17. The largest absolute Gasteiger partial charge is 0.325 e. The minimum atomic E-state index is 0.481. The number of aromatic nitrogens is 1. The highest BCUT2D eigenvalue weighted by Gasteiger charge is 2.14. The van der Waals surface area contributed by atoms with E-state index in [0.717, 1.165) is 16.3 Å². The summed E-state index contributed by atoms with van der Waals surface area (Å²) >= 11 is 1.68. The third-order valence-electron chi connectivity index (χ3n) is 3.66. The van der Waals surface area contributed by atoms with Gasteiger partial charge in [-0.25, -0.2) is 4.98 Å². The lowest BCUT2D eigenvalue weighted by Crippen LogP contribution is -1.94. The van der Waals surface area contributed by atoms with Crippen LogP contribution in [0.1, 0.15) is 16.1 Å². The molecule has 0 spiro atoms. The summed E-state index contributed by atoms with van der Waals surface area (Å²) in [5, 5.41) is 0.974. The van der Waals surface area contributed by atoms with Crippen LogP contribution in [-0.2, 0) is 6.54 Å². The summed E-state index contributed by atoms with van der Waals surface area (Å²) in [5.74, 6) is 0. The molecule has 3 aromatic rings. The Morgan fingerprint density at radius 1 is 0.952 bits per heavy atom. The molecule has 2 aromatic carbocycles. The van der Waals surface area contributed by atoms with Crippen molar-refractivity contribution >= 4 is 11.3 Å². The van der Waals surface area contributed by atoms with Crippen molar-refractivity contribution in [2.45, 2.75) is 20.4 Å². The molecule has 0 atom stereocenters. The van der Waals surface area contributed by atoms with E-state index in [-0.39, 0.29) is 0 Å². The summed E-state index contributed by atoms with van der Waals surface area (Å²) in [6.45, 7) is 4.75. The lowest BCUT2D eigenvalue weighted by molar-refractivity contribution is 1.04. The molecule has 1 heterocycles. The van der Waals surface area contributed by atoms with E-state index >= 15 is 0 Å². The van der Waals surface area contributed by atoms with Crippen molar-refractivity contribution in [1.29, 1.82) is 0 Å². The number of hydrogen-bond acceptors (Lipinski definition) is 3. The van der Waals surface area contributed by atoms with Crippen molar-refractivity contribution in [3.8, 4) is 21.7 Å². The molecule has 0 saturated heterocycles. The molecule has 1 aromatic heterocycles. The third-order valence-corrected chi connectivity index (χ3v) is 4.79. The SMILES string of the molecule is Cc1ccc(-c2nc(CN)sc2-c2ccccc2)cc1C. The van der Waals surface area contributed by atoms with Crippen LogP contribution in [0, 0.1) is 13.8 Å². The van der Waals surface area contributed by atoms with E-state index in [1.807, 2.05) is 6.07 Å². The topological polar surface area (TPSA) is 38.9 Å². The molecule has 0 saturated carbocycles. The Morgan fingerprint density at radius 3 is 2.38 bits per heavy atom. The van der Waals surface area contributed by atoms with Crippen LogP contribution in [0.3, 0.4) is 0 Å². The fourth-order valence-corrected chi connectivity index (χ4v) is 3.29. The third kappa shape index (κ3) is 2.75. The van der Waals surface area contributed by atoms with E-state index in [4.69, 9.17) is 10.7 Å². The number of aryl methyl sites for hydroxylation is 2. The van der Waals surface area contributed by atoms with Crippen LogP contribution in [0.5, 0.6) is 0 Å². The smallest absolute Gasteiger partial charge is 0.107 e. The molecular formula is C18H18N2S. The monoisotopic (exact) mass is 294 g/mol. The van der Waals surface area contributed by atoms with Crippen LogP contribution < -0.4 is 5.73 Å². The van der Waals surface area contributed by atoms with Crippen molar-refractivity contribution in [1.82, 2.24) is 4.98 Å². The van der Waals surface area contributed by atoms with Crippen LogP contribution in [0.25, 0.3) is 21.7 Å². The molecule has 2 nitrogen and oxygen atoms in total. The van der Waals surface area contributed by atoms with Gasteiger partial charge in [-0.1, -0.05) is 42.5 Å². The second-order valence-corrected chi connectivity index (χ2v) is 6.24. The fraction of sp³-hybridized carbons (Fsp3) is 0.167. The van der Waals surface area contributed by atoms with Gasteiger partial charge in [0, 0.05) is 12.1 Å². The number of nitrogens with two attached hydrogens (primary N) is 1. The second kappa shape index (κ2) is 5.80. The van der Waals surface area contributed by atoms with E-state index < -0.39 is 0 Å². The average molecular weight is 294 g/mol. The lowest BCUT2D eigenvalue weighted by atomic mass is 10.0. The highest BCUT2D eigenvalue weighted by Crippen LogP contribution is 2.37. The number of nitrogens with zero attached hydrogens (tertiary/aromatic N) is 1. The minimum Gasteiger partial charge on any atom is -0.325 e. The van der Waals surface area contributed by atoms with Gasteiger partial charge in [0.05, 0.1) is 10.6 Å². The molecule has 0 aliphatic carbocycles. The van der Waals surface area contributed by atoms with E-state index in [1.54, 1.807) is 11.3 Å². The molecule has 0 unspecified atom stereocenters. The van der Waals surface area contributed by atoms with Gasteiger partial charge < -0.3 is 5.73 Å². The van der Waals surface area contributed by atoms with Crippen molar-refractivity contribution in [3.05, 3.63) is 64.7 Å². The lowest BCUT2D eigenvalue weighted by Gasteiger charge is -2.06.